The molecule has 2 fully saturated rings. The molecular weight excluding hydrogens is 467 g/mol. The van der Waals surface area contributed by atoms with E-state index >= 15 is 4.39 Å². The standard InChI is InChI=1S/C25H28F3NO4S/c1-24(2,3)33-23(30)29-14-25(8-9-25)22(34(4,31)32)20(29)12-15-6-5-7-19(21(15)28)16-10-17(26)13-18(27)11-16/h5-7,10-11,13,20,22H,8-9,12,14H2,1-4H3. The van der Waals surface area contributed by atoms with E-state index in [9.17, 15) is 22.0 Å². The number of carbonyl (C=O) groups excluding carboxylic acids is 1. The Kier molecular flexibility index (Phi) is 5.99. The van der Waals surface area contributed by atoms with Gasteiger partial charge in [0.05, 0.1) is 11.3 Å². The molecular formula is C25H28F3NO4S. The number of benzene rings is 2. The van der Waals surface area contributed by atoms with Crippen LogP contribution in [0.1, 0.15) is 39.2 Å². The summed E-state index contributed by atoms with van der Waals surface area (Å²) in [4.78, 5) is 14.4. The van der Waals surface area contributed by atoms with Crippen molar-refractivity contribution in [3.63, 3.8) is 0 Å². The summed E-state index contributed by atoms with van der Waals surface area (Å²) < 4.78 is 74.3. The number of carbonyl (C=O) groups is 1. The van der Waals surface area contributed by atoms with Gasteiger partial charge in [-0.15, -0.1) is 0 Å². The Morgan fingerprint density at radius 1 is 1.12 bits per heavy atom. The molecule has 0 radical (unpaired) electrons. The maximum atomic E-state index is 15.6. The number of rotatable bonds is 4. The number of sulfone groups is 1. The molecule has 184 valence electrons. The van der Waals surface area contributed by atoms with Crippen molar-refractivity contribution < 1.29 is 31.1 Å². The minimum absolute atomic E-state index is 0.00486. The fraction of sp³-hybridized carbons (Fsp3) is 0.480. The topological polar surface area (TPSA) is 63.7 Å². The molecule has 1 saturated carbocycles. The van der Waals surface area contributed by atoms with Crippen molar-refractivity contribution in [2.45, 2.75) is 56.9 Å². The van der Waals surface area contributed by atoms with Gasteiger partial charge in [0.15, 0.2) is 9.84 Å². The van der Waals surface area contributed by atoms with Gasteiger partial charge in [0.1, 0.15) is 23.1 Å². The molecule has 2 aromatic rings. The van der Waals surface area contributed by atoms with Gasteiger partial charge >= 0.3 is 6.09 Å². The van der Waals surface area contributed by atoms with Gasteiger partial charge < -0.3 is 9.64 Å². The Labute approximate surface area is 197 Å². The van der Waals surface area contributed by atoms with Crippen LogP contribution in [0.25, 0.3) is 11.1 Å². The normalized spacial score (nSPS) is 21.7. The second-order valence-corrected chi connectivity index (χ2v) is 12.6. The molecule has 0 aromatic heterocycles. The lowest BCUT2D eigenvalue weighted by atomic mass is 9.94. The molecule has 9 heteroatoms. The zero-order valence-electron chi connectivity index (χ0n) is 19.6. The Hall–Kier alpha value is -2.55. The van der Waals surface area contributed by atoms with Gasteiger partial charge in [-0.05, 0) is 63.3 Å². The maximum Gasteiger partial charge on any atom is 0.410 e. The van der Waals surface area contributed by atoms with Crippen molar-refractivity contribution in [2.24, 2.45) is 5.41 Å². The largest absolute Gasteiger partial charge is 0.444 e. The molecule has 1 spiro atoms. The van der Waals surface area contributed by atoms with Crippen LogP contribution in [0.15, 0.2) is 36.4 Å². The second kappa shape index (κ2) is 8.29. The Bertz CT molecular complexity index is 1210. The highest BCUT2D eigenvalue weighted by Crippen LogP contribution is 2.58. The SMILES string of the molecule is CC(C)(C)OC(=O)N1CC2(CC2)C(S(C)(=O)=O)C1Cc1cccc(-c2cc(F)cc(F)c2)c1F. The predicted octanol–water partition coefficient (Wildman–Crippen LogP) is 5.13. The van der Waals surface area contributed by atoms with E-state index in [-0.39, 0.29) is 29.7 Å². The van der Waals surface area contributed by atoms with E-state index in [2.05, 4.69) is 0 Å². The first-order chi connectivity index (χ1) is 15.7. The lowest BCUT2D eigenvalue weighted by molar-refractivity contribution is 0.0220. The van der Waals surface area contributed by atoms with Gasteiger partial charge in [0.25, 0.3) is 0 Å². The van der Waals surface area contributed by atoms with Crippen LogP contribution in [-0.2, 0) is 21.0 Å². The monoisotopic (exact) mass is 495 g/mol. The minimum atomic E-state index is -3.58. The quantitative estimate of drug-likeness (QED) is 0.590. The van der Waals surface area contributed by atoms with Crippen LogP contribution in [0.2, 0.25) is 0 Å². The summed E-state index contributed by atoms with van der Waals surface area (Å²) in [5.41, 5.74) is -1.16. The minimum Gasteiger partial charge on any atom is -0.444 e. The Morgan fingerprint density at radius 2 is 1.74 bits per heavy atom. The number of hydrogen-bond acceptors (Lipinski definition) is 4. The molecule has 1 saturated heterocycles. The van der Waals surface area contributed by atoms with E-state index in [1.807, 2.05) is 0 Å². The number of amides is 1. The summed E-state index contributed by atoms with van der Waals surface area (Å²) in [6, 6.07) is 6.39. The van der Waals surface area contributed by atoms with Gasteiger partial charge in [0.2, 0.25) is 0 Å². The molecule has 2 aliphatic rings. The van der Waals surface area contributed by atoms with Crippen molar-refractivity contribution in [1.82, 2.24) is 4.90 Å². The predicted molar refractivity (Wildman–Crippen MR) is 122 cm³/mol. The van der Waals surface area contributed by atoms with Crippen molar-refractivity contribution in [3.8, 4) is 11.1 Å². The highest BCUT2D eigenvalue weighted by molar-refractivity contribution is 7.91. The van der Waals surface area contributed by atoms with Crippen molar-refractivity contribution in [3.05, 3.63) is 59.4 Å². The first kappa shape index (κ1) is 24.6. The van der Waals surface area contributed by atoms with Crippen LogP contribution in [0.4, 0.5) is 18.0 Å². The number of halogens is 3. The highest BCUT2D eigenvalue weighted by atomic mass is 32.2. The summed E-state index contributed by atoms with van der Waals surface area (Å²) in [6.07, 6.45) is 1.75. The number of nitrogens with zero attached hydrogens (tertiary/aromatic N) is 1. The lowest BCUT2D eigenvalue weighted by Crippen LogP contribution is -2.46. The van der Waals surface area contributed by atoms with Crippen molar-refractivity contribution in [1.29, 1.82) is 0 Å². The summed E-state index contributed by atoms with van der Waals surface area (Å²) in [5, 5.41) is -0.859. The molecule has 34 heavy (non-hydrogen) atoms. The summed E-state index contributed by atoms with van der Waals surface area (Å²) in [7, 11) is -3.58. The van der Waals surface area contributed by atoms with Crippen molar-refractivity contribution in [2.75, 3.05) is 12.8 Å². The van der Waals surface area contributed by atoms with E-state index < -0.39 is 55.7 Å². The molecule has 2 unspecified atom stereocenters. The lowest BCUT2D eigenvalue weighted by Gasteiger charge is -2.30. The molecule has 1 amide bonds. The van der Waals surface area contributed by atoms with E-state index in [4.69, 9.17) is 4.74 Å². The third kappa shape index (κ3) is 4.80. The number of hydrogen-bond donors (Lipinski definition) is 0. The van der Waals surface area contributed by atoms with Gasteiger partial charge in [-0.3, -0.25) is 0 Å². The zero-order valence-corrected chi connectivity index (χ0v) is 20.4. The average molecular weight is 496 g/mol. The summed E-state index contributed by atoms with van der Waals surface area (Å²) >= 11 is 0. The zero-order chi connectivity index (χ0) is 25.1. The molecule has 0 N–H and O–H groups in total. The Balaban J connectivity index is 1.74. The van der Waals surface area contributed by atoms with Crippen molar-refractivity contribution >= 4 is 15.9 Å². The number of ether oxygens (including phenoxy) is 1. The molecule has 2 atom stereocenters. The van der Waals surface area contributed by atoms with Crippen LogP contribution in [0.3, 0.4) is 0 Å². The molecule has 0 bridgehead atoms. The Morgan fingerprint density at radius 3 is 2.26 bits per heavy atom. The molecule has 4 rings (SSSR count). The third-order valence-electron chi connectivity index (χ3n) is 6.50. The van der Waals surface area contributed by atoms with Crippen LogP contribution >= 0.6 is 0 Å². The first-order valence-corrected chi connectivity index (χ1v) is 13.1. The van der Waals surface area contributed by atoms with E-state index in [1.165, 1.54) is 17.0 Å². The summed E-state index contributed by atoms with van der Waals surface area (Å²) in [5.74, 6) is -2.38. The molecule has 1 aliphatic carbocycles. The van der Waals surface area contributed by atoms with Gasteiger partial charge in [0, 0.05) is 29.8 Å². The van der Waals surface area contributed by atoms with Crippen LogP contribution in [-0.4, -0.2) is 49.1 Å². The van der Waals surface area contributed by atoms with E-state index in [0.29, 0.717) is 18.9 Å². The molecule has 1 heterocycles. The van der Waals surface area contributed by atoms with E-state index in [0.717, 1.165) is 18.4 Å². The molecule has 5 nitrogen and oxygen atoms in total. The van der Waals surface area contributed by atoms with Crippen LogP contribution in [0, 0.1) is 22.9 Å². The molecule has 2 aromatic carbocycles. The van der Waals surface area contributed by atoms with Gasteiger partial charge in [-0.1, -0.05) is 18.2 Å². The van der Waals surface area contributed by atoms with E-state index in [1.54, 1.807) is 26.8 Å². The average Bonchev–Trinajstić information content (AvgIpc) is 3.35. The van der Waals surface area contributed by atoms with Gasteiger partial charge in [-0.25, -0.2) is 26.4 Å². The fourth-order valence-corrected chi connectivity index (χ4v) is 7.13. The fourth-order valence-electron chi connectivity index (χ4n) is 5.09. The second-order valence-electron chi connectivity index (χ2n) is 10.4. The first-order valence-electron chi connectivity index (χ1n) is 11.1. The maximum absolute atomic E-state index is 15.6. The highest BCUT2D eigenvalue weighted by Gasteiger charge is 2.64. The number of likely N-dealkylation sites (tertiary alicyclic amines) is 1. The smallest absolute Gasteiger partial charge is 0.410 e. The molecule has 1 aliphatic heterocycles. The summed E-state index contributed by atoms with van der Waals surface area (Å²) in [6.45, 7) is 5.38. The van der Waals surface area contributed by atoms with Crippen LogP contribution in [0.5, 0.6) is 0 Å². The van der Waals surface area contributed by atoms with Gasteiger partial charge in [-0.2, -0.15) is 0 Å². The van der Waals surface area contributed by atoms with Crippen LogP contribution < -0.4 is 0 Å². The third-order valence-corrected chi connectivity index (χ3v) is 8.24.